The van der Waals surface area contributed by atoms with Crippen LogP contribution in [0.25, 0.3) is 5.69 Å². The molecule has 2 amide bonds. The third kappa shape index (κ3) is 4.43. The zero-order valence-electron chi connectivity index (χ0n) is 14.1. The maximum Gasteiger partial charge on any atom is 0.319 e. The predicted molar refractivity (Wildman–Crippen MR) is 92.7 cm³/mol. The number of anilines is 1. The van der Waals surface area contributed by atoms with E-state index in [9.17, 15) is 4.79 Å². The molecule has 0 atom stereocenters. The number of nitrogens with one attached hydrogen (secondary N) is 2. The summed E-state index contributed by atoms with van der Waals surface area (Å²) >= 11 is 0. The summed E-state index contributed by atoms with van der Waals surface area (Å²) in [6.07, 6.45) is 3.83. The first-order valence-electron chi connectivity index (χ1n) is 8.09. The second-order valence-electron chi connectivity index (χ2n) is 5.84. The molecule has 0 fully saturated rings. The van der Waals surface area contributed by atoms with Crippen molar-refractivity contribution in [3.8, 4) is 5.69 Å². The number of rotatable bonds is 6. The van der Waals surface area contributed by atoms with Crippen molar-refractivity contribution in [1.29, 1.82) is 0 Å². The Hall–Kier alpha value is -3.16. The van der Waals surface area contributed by atoms with Crippen LogP contribution in [0.5, 0.6) is 0 Å². The van der Waals surface area contributed by atoms with Gasteiger partial charge >= 0.3 is 6.03 Å². The predicted octanol–water partition coefficient (Wildman–Crippen LogP) is 2.74. The van der Waals surface area contributed by atoms with Crippen LogP contribution < -0.4 is 10.6 Å². The van der Waals surface area contributed by atoms with Crippen molar-refractivity contribution in [1.82, 2.24) is 25.2 Å². The molecule has 0 unspecified atom stereocenters. The molecule has 2 N–H and O–H groups in total. The van der Waals surface area contributed by atoms with Crippen LogP contribution in [0, 0.1) is 0 Å². The fourth-order valence-electron chi connectivity index (χ4n) is 2.17. The van der Waals surface area contributed by atoms with Crippen molar-refractivity contribution in [3.63, 3.8) is 0 Å². The molecule has 130 valence electrons. The van der Waals surface area contributed by atoms with Gasteiger partial charge in [0.05, 0.1) is 23.8 Å². The summed E-state index contributed by atoms with van der Waals surface area (Å²) < 4.78 is 6.83. The molecule has 1 aromatic carbocycles. The minimum Gasteiger partial charge on any atom is -0.339 e. The van der Waals surface area contributed by atoms with Gasteiger partial charge < -0.3 is 15.2 Å². The molecular weight excluding hydrogens is 320 g/mol. The molecule has 0 aliphatic carbocycles. The number of carbonyl (C=O) groups excluding carboxylic acids is 1. The number of nitrogens with zero attached hydrogens (tertiary/aromatic N) is 4. The molecule has 0 saturated heterocycles. The lowest BCUT2D eigenvalue weighted by molar-refractivity contribution is 0.252. The second kappa shape index (κ2) is 7.61. The normalized spacial score (nSPS) is 10.8. The maximum atomic E-state index is 11.9. The van der Waals surface area contributed by atoms with Crippen molar-refractivity contribution in [2.75, 3.05) is 11.9 Å². The molecule has 8 heteroatoms. The van der Waals surface area contributed by atoms with Crippen LogP contribution in [0.4, 0.5) is 10.5 Å². The van der Waals surface area contributed by atoms with Crippen LogP contribution >= 0.6 is 0 Å². The Morgan fingerprint density at radius 2 is 2.08 bits per heavy atom. The second-order valence-corrected chi connectivity index (χ2v) is 5.84. The van der Waals surface area contributed by atoms with Crippen LogP contribution in [-0.4, -0.2) is 32.5 Å². The summed E-state index contributed by atoms with van der Waals surface area (Å²) in [5.74, 6) is 1.41. The number of hydrogen-bond donors (Lipinski definition) is 2. The lowest BCUT2D eigenvalue weighted by Crippen LogP contribution is -2.30. The molecule has 0 saturated carbocycles. The van der Waals surface area contributed by atoms with Gasteiger partial charge in [0.2, 0.25) is 5.89 Å². The Bertz CT molecular complexity index is 825. The molecule has 0 radical (unpaired) electrons. The van der Waals surface area contributed by atoms with Crippen LogP contribution in [0.3, 0.4) is 0 Å². The minimum absolute atomic E-state index is 0.218. The van der Waals surface area contributed by atoms with Crippen molar-refractivity contribution >= 4 is 11.7 Å². The average Bonchev–Trinajstić information content (AvgIpc) is 3.25. The highest BCUT2D eigenvalue weighted by Gasteiger charge is 2.10. The summed E-state index contributed by atoms with van der Waals surface area (Å²) in [5.41, 5.74) is 1.54. The number of amides is 2. The van der Waals surface area contributed by atoms with Crippen LogP contribution in [0.2, 0.25) is 0 Å². The zero-order valence-corrected chi connectivity index (χ0v) is 14.1. The van der Waals surface area contributed by atoms with E-state index in [1.165, 1.54) is 0 Å². The molecule has 2 heterocycles. The largest absolute Gasteiger partial charge is 0.339 e. The van der Waals surface area contributed by atoms with Gasteiger partial charge in [-0.1, -0.05) is 37.2 Å². The third-order valence-electron chi connectivity index (χ3n) is 3.49. The summed E-state index contributed by atoms with van der Waals surface area (Å²) in [6, 6.07) is 9.36. The van der Waals surface area contributed by atoms with E-state index < -0.39 is 0 Å². The van der Waals surface area contributed by atoms with E-state index in [0.29, 0.717) is 30.4 Å². The smallest absolute Gasteiger partial charge is 0.319 e. The Morgan fingerprint density at radius 1 is 1.28 bits per heavy atom. The van der Waals surface area contributed by atoms with Gasteiger partial charge in [-0.2, -0.15) is 10.1 Å². The Balaban J connectivity index is 1.47. The quantitative estimate of drug-likeness (QED) is 0.719. The molecule has 8 nitrogen and oxygen atoms in total. The summed E-state index contributed by atoms with van der Waals surface area (Å²) in [6.45, 7) is 4.39. The summed E-state index contributed by atoms with van der Waals surface area (Å²) in [5, 5.41) is 13.6. The number of urea groups is 1. The molecule has 2 aromatic heterocycles. The Labute approximate surface area is 145 Å². The van der Waals surface area contributed by atoms with Gasteiger partial charge in [-0.05, 0) is 12.1 Å². The molecule has 0 aliphatic heterocycles. The van der Waals surface area contributed by atoms with Gasteiger partial charge in [0.25, 0.3) is 0 Å². The average molecular weight is 340 g/mol. The number of aromatic nitrogens is 4. The van der Waals surface area contributed by atoms with E-state index in [1.807, 2.05) is 44.2 Å². The van der Waals surface area contributed by atoms with Crippen molar-refractivity contribution < 1.29 is 9.32 Å². The van der Waals surface area contributed by atoms with E-state index in [1.54, 1.807) is 17.1 Å². The van der Waals surface area contributed by atoms with Gasteiger partial charge in [0, 0.05) is 18.9 Å². The zero-order chi connectivity index (χ0) is 17.6. The van der Waals surface area contributed by atoms with Crippen molar-refractivity contribution in [2.45, 2.75) is 26.2 Å². The molecule has 3 rings (SSSR count). The van der Waals surface area contributed by atoms with Crippen LogP contribution in [0.15, 0.2) is 47.2 Å². The topological polar surface area (TPSA) is 97.9 Å². The first-order chi connectivity index (χ1) is 12.1. The summed E-state index contributed by atoms with van der Waals surface area (Å²) in [7, 11) is 0. The molecular formula is C17H20N6O2. The van der Waals surface area contributed by atoms with Crippen LogP contribution in [-0.2, 0) is 6.42 Å². The fourth-order valence-corrected chi connectivity index (χ4v) is 2.17. The fraction of sp³-hybridized carbons (Fsp3) is 0.294. The molecule has 0 aliphatic rings. The van der Waals surface area contributed by atoms with Gasteiger partial charge in [-0.15, -0.1) is 0 Å². The molecule has 25 heavy (non-hydrogen) atoms. The van der Waals surface area contributed by atoms with Gasteiger partial charge in [-0.3, -0.25) is 0 Å². The lowest BCUT2D eigenvalue weighted by atomic mass is 10.2. The van der Waals surface area contributed by atoms with E-state index in [2.05, 4.69) is 25.9 Å². The van der Waals surface area contributed by atoms with Gasteiger partial charge in [0.15, 0.2) is 5.82 Å². The number of benzene rings is 1. The van der Waals surface area contributed by atoms with E-state index >= 15 is 0 Å². The third-order valence-corrected chi connectivity index (χ3v) is 3.49. The Kier molecular flexibility index (Phi) is 5.08. The lowest BCUT2D eigenvalue weighted by Gasteiger charge is -2.04. The molecule has 3 aromatic rings. The van der Waals surface area contributed by atoms with Crippen LogP contribution in [0.1, 0.15) is 31.5 Å². The maximum absolute atomic E-state index is 11.9. The molecule has 0 spiro atoms. The summed E-state index contributed by atoms with van der Waals surface area (Å²) in [4.78, 5) is 16.2. The number of carbonyl (C=O) groups is 1. The highest BCUT2D eigenvalue weighted by atomic mass is 16.5. The number of para-hydroxylation sites is 1. The SMILES string of the molecule is CC(C)c1noc(CCNC(=O)Nc2cnn(-c3ccccc3)c2)n1. The van der Waals surface area contributed by atoms with Gasteiger partial charge in [-0.25, -0.2) is 9.48 Å². The highest BCUT2D eigenvalue weighted by molar-refractivity contribution is 5.88. The minimum atomic E-state index is -0.309. The van der Waals surface area contributed by atoms with E-state index in [-0.39, 0.29) is 11.9 Å². The number of hydrogen-bond acceptors (Lipinski definition) is 5. The monoisotopic (exact) mass is 340 g/mol. The van der Waals surface area contributed by atoms with Crippen molar-refractivity contribution in [2.24, 2.45) is 0 Å². The van der Waals surface area contributed by atoms with Gasteiger partial charge in [0.1, 0.15) is 0 Å². The van der Waals surface area contributed by atoms with E-state index in [0.717, 1.165) is 5.69 Å². The first-order valence-corrected chi connectivity index (χ1v) is 8.09. The van der Waals surface area contributed by atoms with E-state index in [4.69, 9.17) is 4.52 Å². The van der Waals surface area contributed by atoms with Crippen molar-refractivity contribution in [3.05, 3.63) is 54.4 Å². The first kappa shape index (κ1) is 16.7. The molecule has 0 bridgehead atoms. The highest BCUT2D eigenvalue weighted by Crippen LogP contribution is 2.11. The Morgan fingerprint density at radius 3 is 2.80 bits per heavy atom. The standard InChI is InChI=1S/C17H20N6O2/c1-12(2)16-21-15(25-22-16)8-9-18-17(24)20-13-10-19-23(11-13)14-6-4-3-5-7-14/h3-7,10-12H,8-9H2,1-2H3,(H2,18,20,24).